The van der Waals surface area contributed by atoms with Gasteiger partial charge in [-0.25, -0.2) is 0 Å². The maximum Gasteiger partial charge on any atom is 0.188 e. The van der Waals surface area contributed by atoms with E-state index in [4.69, 9.17) is 5.11 Å². The van der Waals surface area contributed by atoms with E-state index in [1.807, 2.05) is 42.5 Å². The predicted molar refractivity (Wildman–Crippen MR) is 124 cm³/mol. The highest BCUT2D eigenvalue weighted by atomic mass is 16.3. The number of benzene rings is 4. The van der Waals surface area contributed by atoms with Gasteiger partial charge in [-0.3, -0.25) is 9.59 Å². The van der Waals surface area contributed by atoms with Crippen LogP contribution in [-0.2, 0) is 6.42 Å². The van der Waals surface area contributed by atoms with Crippen LogP contribution in [0.1, 0.15) is 26.3 Å². The molecule has 3 nitrogen and oxygen atoms in total. The molecule has 3 heteroatoms. The molecule has 0 saturated carbocycles. The fourth-order valence-electron chi connectivity index (χ4n) is 3.08. The highest BCUT2D eigenvalue weighted by Crippen LogP contribution is 2.21. The zero-order chi connectivity index (χ0) is 21.9. The second-order valence-corrected chi connectivity index (χ2v) is 6.94. The smallest absolute Gasteiger partial charge is 0.188 e. The lowest BCUT2D eigenvalue weighted by Crippen LogP contribution is -2.17. The van der Waals surface area contributed by atoms with Gasteiger partial charge < -0.3 is 5.11 Å². The minimum absolute atomic E-state index is 0.236. The first kappa shape index (κ1) is 21.9. The lowest BCUT2D eigenvalue weighted by atomic mass is 9.88. The standard InChI is InChI=1S/C12H10.C8H8O2.C8H6O/c1-3-7-11(8-4-1)12-9-5-2-6-10-12;9-6-8(10)7-4-2-1-3-5-7;9-8-5-6-3-1-2-4-7(6)8/h1-10H;1-5,9H,6H2;1-4H,5H2. The van der Waals surface area contributed by atoms with Crippen LogP contribution in [0.25, 0.3) is 11.1 Å². The normalized spacial score (nSPS) is 10.9. The Morgan fingerprint density at radius 2 is 1.10 bits per heavy atom. The van der Waals surface area contributed by atoms with Crippen LogP contribution < -0.4 is 0 Å². The average molecular weight is 408 g/mol. The Morgan fingerprint density at radius 1 is 0.645 bits per heavy atom. The maximum absolute atomic E-state index is 10.8. The van der Waals surface area contributed by atoms with Gasteiger partial charge in [-0.05, 0) is 16.7 Å². The summed E-state index contributed by atoms with van der Waals surface area (Å²) in [4.78, 5) is 21.5. The maximum atomic E-state index is 10.8. The van der Waals surface area contributed by atoms with Crippen molar-refractivity contribution in [2.45, 2.75) is 6.42 Å². The van der Waals surface area contributed by atoms with E-state index >= 15 is 0 Å². The van der Waals surface area contributed by atoms with E-state index in [1.54, 1.807) is 24.3 Å². The molecule has 0 spiro atoms. The number of aliphatic hydroxyl groups excluding tert-OH is 1. The summed E-state index contributed by atoms with van der Waals surface area (Å²) in [6.07, 6.45) is 0.649. The summed E-state index contributed by atoms with van der Waals surface area (Å²) in [5.74, 6) is 0.0474. The second-order valence-electron chi connectivity index (χ2n) is 6.94. The number of rotatable bonds is 3. The van der Waals surface area contributed by atoms with Gasteiger partial charge in [-0.2, -0.15) is 0 Å². The molecular weight excluding hydrogens is 384 g/mol. The molecule has 1 N–H and O–H groups in total. The van der Waals surface area contributed by atoms with Crippen molar-refractivity contribution in [1.82, 2.24) is 0 Å². The molecule has 1 aliphatic carbocycles. The third-order valence-electron chi connectivity index (χ3n) is 4.79. The monoisotopic (exact) mass is 408 g/mol. The first-order chi connectivity index (χ1) is 15.2. The van der Waals surface area contributed by atoms with Gasteiger partial charge in [0.2, 0.25) is 0 Å². The number of hydrogen-bond acceptors (Lipinski definition) is 3. The number of Topliss-reactive ketones (excluding diaryl/α,β-unsaturated/α-hetero) is 2. The Labute approximate surface area is 182 Å². The first-order valence-electron chi connectivity index (χ1n) is 10.1. The Morgan fingerprint density at radius 3 is 1.52 bits per heavy atom. The molecule has 0 saturated heterocycles. The van der Waals surface area contributed by atoms with Crippen molar-refractivity contribution in [2.75, 3.05) is 6.61 Å². The SMILES string of the molecule is O=C(CO)c1ccccc1.O=C1Cc2ccccc21.c1ccc(-c2ccccc2)cc1. The van der Waals surface area contributed by atoms with Crippen molar-refractivity contribution in [3.63, 3.8) is 0 Å². The Bertz CT molecular complexity index is 1070. The van der Waals surface area contributed by atoms with Gasteiger partial charge in [-0.1, -0.05) is 115 Å². The van der Waals surface area contributed by atoms with Crippen LogP contribution >= 0.6 is 0 Å². The summed E-state index contributed by atoms with van der Waals surface area (Å²) in [6, 6.07) is 37.2. The van der Waals surface area contributed by atoms with Gasteiger partial charge in [0.25, 0.3) is 0 Å². The van der Waals surface area contributed by atoms with Gasteiger partial charge in [0.15, 0.2) is 11.6 Å². The van der Waals surface area contributed by atoms with Crippen LogP contribution in [0.4, 0.5) is 0 Å². The van der Waals surface area contributed by atoms with E-state index in [0.717, 1.165) is 5.56 Å². The zero-order valence-electron chi connectivity index (χ0n) is 17.1. The molecule has 0 amide bonds. The number of fused-ring (bicyclic) bond motifs is 1. The fraction of sp³-hybridized carbons (Fsp3) is 0.0714. The lowest BCUT2D eigenvalue weighted by molar-refractivity contribution is 0.0903. The van der Waals surface area contributed by atoms with Gasteiger partial charge in [0.05, 0.1) is 0 Å². The van der Waals surface area contributed by atoms with Crippen LogP contribution in [0.2, 0.25) is 0 Å². The summed E-state index contributed by atoms with van der Waals surface area (Å²) in [5, 5.41) is 8.44. The Balaban J connectivity index is 0.000000133. The Hall–Kier alpha value is -3.82. The number of ketones is 2. The second kappa shape index (κ2) is 11.4. The summed E-state index contributed by atoms with van der Waals surface area (Å²) >= 11 is 0. The molecule has 0 fully saturated rings. The van der Waals surface area contributed by atoms with Crippen LogP contribution in [0.3, 0.4) is 0 Å². The van der Waals surface area contributed by atoms with Crippen molar-refractivity contribution in [3.05, 3.63) is 132 Å². The molecule has 31 heavy (non-hydrogen) atoms. The fourth-order valence-corrected chi connectivity index (χ4v) is 3.08. The molecule has 0 bridgehead atoms. The average Bonchev–Trinajstić information content (AvgIpc) is 2.85. The zero-order valence-corrected chi connectivity index (χ0v) is 17.1. The van der Waals surface area contributed by atoms with Crippen molar-refractivity contribution in [3.8, 4) is 11.1 Å². The van der Waals surface area contributed by atoms with Gasteiger partial charge in [0.1, 0.15) is 6.61 Å². The van der Waals surface area contributed by atoms with Crippen LogP contribution in [-0.4, -0.2) is 23.3 Å². The number of carbonyl (C=O) groups is 2. The molecule has 0 aromatic heterocycles. The van der Waals surface area contributed by atoms with Crippen molar-refractivity contribution in [1.29, 1.82) is 0 Å². The van der Waals surface area contributed by atoms with Crippen LogP contribution in [0.5, 0.6) is 0 Å². The highest BCUT2D eigenvalue weighted by molar-refractivity contribution is 6.06. The minimum Gasteiger partial charge on any atom is -0.388 e. The summed E-state index contributed by atoms with van der Waals surface area (Å²) in [7, 11) is 0. The van der Waals surface area contributed by atoms with Gasteiger partial charge >= 0.3 is 0 Å². The molecule has 0 atom stereocenters. The number of hydrogen-bond donors (Lipinski definition) is 1. The topological polar surface area (TPSA) is 54.4 Å². The Kier molecular flexibility index (Phi) is 8.04. The van der Waals surface area contributed by atoms with Crippen molar-refractivity contribution >= 4 is 11.6 Å². The van der Waals surface area contributed by atoms with E-state index < -0.39 is 6.61 Å². The molecule has 0 unspecified atom stereocenters. The molecule has 1 aliphatic rings. The largest absolute Gasteiger partial charge is 0.388 e. The third-order valence-corrected chi connectivity index (χ3v) is 4.79. The molecule has 4 aromatic rings. The van der Waals surface area contributed by atoms with Crippen LogP contribution in [0.15, 0.2) is 115 Å². The lowest BCUT2D eigenvalue weighted by Gasteiger charge is -2.14. The highest BCUT2D eigenvalue weighted by Gasteiger charge is 2.20. The van der Waals surface area contributed by atoms with E-state index in [0.29, 0.717) is 12.0 Å². The van der Waals surface area contributed by atoms with Crippen molar-refractivity contribution < 1.29 is 14.7 Å². The number of carbonyl (C=O) groups excluding carboxylic acids is 2. The summed E-state index contributed by atoms with van der Waals surface area (Å²) in [5.41, 5.74) is 5.22. The molecule has 154 valence electrons. The molecule has 4 aromatic carbocycles. The summed E-state index contributed by atoms with van der Waals surface area (Å²) in [6.45, 7) is -0.413. The number of aliphatic hydroxyl groups is 1. The van der Waals surface area contributed by atoms with E-state index in [9.17, 15) is 9.59 Å². The summed E-state index contributed by atoms with van der Waals surface area (Å²) < 4.78 is 0. The minimum atomic E-state index is -0.413. The first-order valence-corrected chi connectivity index (χ1v) is 10.1. The molecular formula is C28H24O3. The molecule has 0 heterocycles. The van der Waals surface area contributed by atoms with Crippen LogP contribution in [0, 0.1) is 0 Å². The predicted octanol–water partition coefficient (Wildman–Crippen LogP) is 5.64. The van der Waals surface area contributed by atoms with E-state index in [1.165, 1.54) is 16.7 Å². The van der Waals surface area contributed by atoms with E-state index in [-0.39, 0.29) is 11.6 Å². The molecule has 0 radical (unpaired) electrons. The molecule has 0 aliphatic heterocycles. The van der Waals surface area contributed by atoms with Gasteiger partial charge in [0, 0.05) is 17.5 Å². The van der Waals surface area contributed by atoms with E-state index in [2.05, 4.69) is 48.5 Å². The molecule has 5 rings (SSSR count). The quantitative estimate of drug-likeness (QED) is 0.446. The van der Waals surface area contributed by atoms with Crippen molar-refractivity contribution in [2.24, 2.45) is 0 Å². The van der Waals surface area contributed by atoms with Gasteiger partial charge in [-0.15, -0.1) is 0 Å². The third kappa shape index (κ3) is 6.33.